The fraction of sp³-hybridized carbons (Fsp3) is 0.176. The van der Waals surface area contributed by atoms with E-state index in [1.165, 1.54) is 16.8 Å². The molecule has 1 heterocycles. The lowest BCUT2D eigenvalue weighted by Gasteiger charge is -2.17. The van der Waals surface area contributed by atoms with Crippen LogP contribution in [0.5, 0.6) is 0 Å². The van der Waals surface area contributed by atoms with Crippen LogP contribution in [0.1, 0.15) is 16.4 Å². The molecule has 10 heteroatoms. The normalized spacial score (nSPS) is 12.6. The smallest absolute Gasteiger partial charge is 0.325 e. The quantitative estimate of drug-likeness (QED) is 0.669. The molecule has 0 saturated carbocycles. The number of amides is 1. The highest BCUT2D eigenvalue weighted by Crippen LogP contribution is 2.35. The van der Waals surface area contributed by atoms with E-state index >= 15 is 0 Å². The molecule has 140 valence electrons. The number of nitrogens with zero attached hydrogens (tertiary/aromatic N) is 4. The summed E-state index contributed by atoms with van der Waals surface area (Å²) in [5, 5.41) is 13.3. The minimum Gasteiger partial charge on any atom is -0.325 e. The Labute approximate surface area is 156 Å². The first-order chi connectivity index (χ1) is 12.8. The number of halogens is 3. The topological polar surface area (TPSA) is 72.7 Å². The minimum absolute atomic E-state index is 0.0625. The molecule has 0 spiro atoms. The van der Waals surface area contributed by atoms with E-state index in [0.29, 0.717) is 10.7 Å². The van der Waals surface area contributed by atoms with Crippen LogP contribution in [0.3, 0.4) is 0 Å². The standard InChI is InChI=1S/C17H14F3N5OS/c1-25-16(22-23-24-25)27-14(11-6-3-2-4-7-11)15(26)21-13-9-5-8-12(10-13)17(18,19)20/h2-10,14H,1H3,(H,21,26). The third-order valence-electron chi connectivity index (χ3n) is 3.60. The van der Waals surface area contributed by atoms with Crippen LogP contribution in [0, 0.1) is 0 Å². The van der Waals surface area contributed by atoms with E-state index in [9.17, 15) is 18.0 Å². The molecule has 3 rings (SSSR count). The summed E-state index contributed by atoms with van der Waals surface area (Å²) >= 11 is 1.10. The van der Waals surface area contributed by atoms with Gasteiger partial charge in [0.25, 0.3) is 0 Å². The van der Waals surface area contributed by atoms with Crippen LogP contribution in [-0.4, -0.2) is 26.1 Å². The van der Waals surface area contributed by atoms with Gasteiger partial charge in [0.15, 0.2) is 0 Å². The Balaban J connectivity index is 1.86. The number of hydrogen-bond donors (Lipinski definition) is 1. The number of rotatable bonds is 5. The largest absolute Gasteiger partial charge is 0.416 e. The predicted molar refractivity (Wildman–Crippen MR) is 93.9 cm³/mol. The van der Waals surface area contributed by atoms with E-state index in [4.69, 9.17) is 0 Å². The molecule has 3 aromatic rings. The summed E-state index contributed by atoms with van der Waals surface area (Å²) in [4.78, 5) is 12.8. The van der Waals surface area contributed by atoms with Crippen LogP contribution in [-0.2, 0) is 18.0 Å². The van der Waals surface area contributed by atoms with Crippen LogP contribution in [0.15, 0.2) is 59.8 Å². The van der Waals surface area contributed by atoms with Crippen molar-refractivity contribution < 1.29 is 18.0 Å². The van der Waals surface area contributed by atoms with E-state index in [2.05, 4.69) is 20.8 Å². The summed E-state index contributed by atoms with van der Waals surface area (Å²) in [5.41, 5.74) is -0.0934. The van der Waals surface area contributed by atoms with Crippen molar-refractivity contribution in [3.63, 3.8) is 0 Å². The molecule has 2 aromatic carbocycles. The van der Waals surface area contributed by atoms with Crippen molar-refractivity contribution in [1.82, 2.24) is 20.2 Å². The molecule has 1 unspecified atom stereocenters. The second-order valence-corrected chi connectivity index (χ2v) is 6.63. The van der Waals surface area contributed by atoms with Crippen molar-refractivity contribution in [2.45, 2.75) is 16.6 Å². The van der Waals surface area contributed by atoms with Gasteiger partial charge in [-0.3, -0.25) is 4.79 Å². The highest BCUT2D eigenvalue weighted by molar-refractivity contribution is 8.00. The lowest BCUT2D eigenvalue weighted by atomic mass is 10.1. The second kappa shape index (κ2) is 7.78. The second-order valence-electron chi connectivity index (χ2n) is 5.56. The number of hydrogen-bond acceptors (Lipinski definition) is 5. The average molecular weight is 393 g/mol. The molecule has 1 N–H and O–H groups in total. The summed E-state index contributed by atoms with van der Waals surface area (Å²) in [6, 6.07) is 13.4. The maximum Gasteiger partial charge on any atom is 0.416 e. The molecule has 0 fully saturated rings. The molecule has 0 aliphatic carbocycles. The Morgan fingerprint density at radius 2 is 1.89 bits per heavy atom. The first-order valence-electron chi connectivity index (χ1n) is 7.76. The first kappa shape index (κ1) is 18.9. The van der Waals surface area contributed by atoms with Gasteiger partial charge < -0.3 is 5.32 Å². The number of thioether (sulfide) groups is 1. The molecule has 0 aliphatic rings. The van der Waals surface area contributed by atoms with Crippen LogP contribution in [0.2, 0.25) is 0 Å². The molecule has 27 heavy (non-hydrogen) atoms. The van der Waals surface area contributed by atoms with Gasteiger partial charge in [-0.2, -0.15) is 13.2 Å². The van der Waals surface area contributed by atoms with E-state index in [0.717, 1.165) is 23.9 Å². The predicted octanol–water partition coefficient (Wildman–Crippen LogP) is 3.70. The number of nitrogens with one attached hydrogen (secondary N) is 1. The minimum atomic E-state index is -4.49. The number of aryl methyl sites for hydroxylation is 1. The third-order valence-corrected chi connectivity index (χ3v) is 4.88. The van der Waals surface area contributed by atoms with Crippen molar-refractivity contribution >= 4 is 23.4 Å². The zero-order chi connectivity index (χ0) is 19.4. The van der Waals surface area contributed by atoms with Gasteiger partial charge >= 0.3 is 6.18 Å². The van der Waals surface area contributed by atoms with E-state index in [1.807, 2.05) is 0 Å². The summed E-state index contributed by atoms with van der Waals surface area (Å²) in [6.45, 7) is 0. The lowest BCUT2D eigenvalue weighted by molar-refractivity contribution is -0.137. The Kier molecular flexibility index (Phi) is 5.45. The summed E-state index contributed by atoms with van der Waals surface area (Å²) in [5.74, 6) is -0.478. The molecule has 0 aliphatic heterocycles. The fourth-order valence-electron chi connectivity index (χ4n) is 2.31. The van der Waals surface area contributed by atoms with Gasteiger partial charge in [0.2, 0.25) is 11.1 Å². The number of alkyl halides is 3. The van der Waals surface area contributed by atoms with E-state index in [-0.39, 0.29) is 5.69 Å². The number of tetrazole rings is 1. The SMILES string of the molecule is Cn1nnnc1SC(C(=O)Nc1cccc(C(F)(F)F)c1)c1ccccc1. The van der Waals surface area contributed by atoms with Crippen molar-refractivity contribution in [1.29, 1.82) is 0 Å². The van der Waals surface area contributed by atoms with Gasteiger partial charge in [-0.25, -0.2) is 4.68 Å². The molecular formula is C17H14F3N5OS. The van der Waals surface area contributed by atoms with Crippen molar-refractivity contribution in [2.75, 3.05) is 5.32 Å². The number of carbonyl (C=O) groups excluding carboxylic acids is 1. The number of carbonyl (C=O) groups is 1. The van der Waals surface area contributed by atoms with Crippen LogP contribution >= 0.6 is 11.8 Å². The van der Waals surface area contributed by atoms with Gasteiger partial charge in [-0.1, -0.05) is 48.2 Å². The molecule has 0 saturated heterocycles. The van der Waals surface area contributed by atoms with Crippen molar-refractivity contribution in [3.8, 4) is 0 Å². The average Bonchev–Trinajstić information content (AvgIpc) is 3.04. The first-order valence-corrected chi connectivity index (χ1v) is 8.64. The maximum atomic E-state index is 12.9. The van der Waals surface area contributed by atoms with Crippen molar-refractivity contribution in [2.24, 2.45) is 7.05 Å². The van der Waals surface area contributed by atoms with Gasteiger partial charge in [0.1, 0.15) is 5.25 Å². The van der Waals surface area contributed by atoms with Crippen LogP contribution < -0.4 is 5.32 Å². The Bertz CT molecular complexity index is 930. The number of aromatic nitrogens is 4. The van der Waals surface area contributed by atoms with Crippen LogP contribution in [0.25, 0.3) is 0 Å². The molecule has 6 nitrogen and oxygen atoms in total. The van der Waals surface area contributed by atoms with Gasteiger partial charge in [0.05, 0.1) is 5.56 Å². The fourth-order valence-corrected chi connectivity index (χ4v) is 3.25. The molecule has 1 atom stereocenters. The van der Waals surface area contributed by atoms with Crippen molar-refractivity contribution in [3.05, 3.63) is 65.7 Å². The monoisotopic (exact) mass is 393 g/mol. The third kappa shape index (κ3) is 4.64. The van der Waals surface area contributed by atoms with Crippen LogP contribution in [0.4, 0.5) is 18.9 Å². The Morgan fingerprint density at radius 3 is 2.52 bits per heavy atom. The zero-order valence-electron chi connectivity index (χ0n) is 14.0. The van der Waals surface area contributed by atoms with Gasteiger partial charge in [-0.05, 0) is 34.2 Å². The Hall–Kier alpha value is -2.88. The van der Waals surface area contributed by atoms with Gasteiger partial charge in [0, 0.05) is 12.7 Å². The highest BCUT2D eigenvalue weighted by atomic mass is 32.2. The van der Waals surface area contributed by atoms with Gasteiger partial charge in [-0.15, -0.1) is 5.10 Å². The summed E-state index contributed by atoms with van der Waals surface area (Å²) in [6.07, 6.45) is -4.49. The molecule has 0 bridgehead atoms. The Morgan fingerprint density at radius 1 is 1.15 bits per heavy atom. The number of benzene rings is 2. The highest BCUT2D eigenvalue weighted by Gasteiger charge is 2.31. The maximum absolute atomic E-state index is 12.9. The molecule has 0 radical (unpaired) electrons. The zero-order valence-corrected chi connectivity index (χ0v) is 14.8. The number of anilines is 1. The molecule has 1 aromatic heterocycles. The molecule has 1 amide bonds. The molecular weight excluding hydrogens is 379 g/mol. The summed E-state index contributed by atoms with van der Waals surface area (Å²) < 4.78 is 40.1. The van der Waals surface area contributed by atoms with E-state index < -0.39 is 22.9 Å². The lowest BCUT2D eigenvalue weighted by Crippen LogP contribution is -2.20. The summed E-state index contributed by atoms with van der Waals surface area (Å²) in [7, 11) is 1.63. The van der Waals surface area contributed by atoms with E-state index in [1.54, 1.807) is 37.4 Å².